The molecule has 0 bridgehead atoms. The molecule has 0 atom stereocenters. The molecule has 210 valence electrons. The van der Waals surface area contributed by atoms with Crippen LogP contribution in [0.15, 0.2) is 68.8 Å². The van der Waals surface area contributed by atoms with Crippen LogP contribution in [0, 0.1) is 0 Å². The van der Waals surface area contributed by atoms with Crippen molar-refractivity contribution in [1.82, 2.24) is 0 Å². The molecule has 3 aliphatic rings. The molecule has 40 heavy (non-hydrogen) atoms. The average molecular weight is 653 g/mol. The van der Waals surface area contributed by atoms with Gasteiger partial charge in [-0.1, -0.05) is 0 Å². The topological polar surface area (TPSA) is 13.1 Å². The predicted octanol–water partition coefficient (Wildman–Crippen LogP) is 3.21. The smallest absolute Gasteiger partial charge is 1.00 e. The predicted molar refractivity (Wildman–Crippen MR) is 159 cm³/mol. The number of halogens is 2. The van der Waals surface area contributed by atoms with Gasteiger partial charge in [0.25, 0.3) is 0 Å². The first-order valence-electron chi connectivity index (χ1n) is 14.6. The molecule has 1 fully saturated rings. The van der Waals surface area contributed by atoms with Crippen LogP contribution in [-0.4, -0.2) is 3.21 Å². The molecule has 0 aliphatic heterocycles. The molecule has 1 heterocycles. The normalized spacial score (nSPS) is 16.2. The van der Waals surface area contributed by atoms with Gasteiger partial charge in [-0.2, -0.15) is 0 Å². The Morgan fingerprint density at radius 1 is 0.775 bits per heavy atom. The third-order valence-electron chi connectivity index (χ3n) is 8.89. The van der Waals surface area contributed by atoms with Gasteiger partial charge in [-0.15, -0.1) is 0 Å². The molecule has 6 rings (SSSR count). The van der Waals surface area contributed by atoms with Crippen LogP contribution in [0.5, 0.6) is 0 Å². The molecule has 4 heteroatoms. The third kappa shape index (κ3) is 5.88. The summed E-state index contributed by atoms with van der Waals surface area (Å²) < 4.78 is 11.0. The van der Waals surface area contributed by atoms with Crippen LogP contribution < -0.4 is 28.1 Å². The average Bonchev–Trinajstić information content (AvgIpc) is 3.63. The van der Waals surface area contributed by atoms with E-state index in [0.717, 1.165) is 12.8 Å². The Morgan fingerprint density at radius 3 is 2.12 bits per heavy atom. The Bertz CT molecular complexity index is 1480. The first kappa shape index (κ1) is 31.5. The molecule has 1 nitrogen and oxygen atoms in total. The van der Waals surface area contributed by atoms with Gasteiger partial charge in [0, 0.05) is 0 Å². The van der Waals surface area contributed by atoms with E-state index in [4.69, 9.17) is 4.42 Å². The first-order valence-corrected chi connectivity index (χ1v) is 18.3. The van der Waals surface area contributed by atoms with Crippen molar-refractivity contribution in [1.29, 1.82) is 0 Å². The summed E-state index contributed by atoms with van der Waals surface area (Å²) in [4.78, 5) is 0. The van der Waals surface area contributed by atoms with Crippen LogP contribution in [0.3, 0.4) is 0 Å². The minimum Gasteiger partial charge on any atom is -1.00 e. The third-order valence-corrected chi connectivity index (χ3v) is 16.9. The van der Waals surface area contributed by atoms with E-state index in [0.29, 0.717) is 0 Å². The van der Waals surface area contributed by atoms with Crippen molar-refractivity contribution >= 4 is 12.1 Å². The van der Waals surface area contributed by atoms with E-state index in [9.17, 15) is 0 Å². The van der Waals surface area contributed by atoms with Gasteiger partial charge >= 0.3 is 238 Å². The molecule has 1 saturated carbocycles. The van der Waals surface area contributed by atoms with E-state index in [1.807, 2.05) is 15.7 Å². The molecule has 0 amide bonds. The molecule has 2 aromatic carbocycles. The summed E-state index contributed by atoms with van der Waals surface area (Å²) in [5.41, 5.74) is 12.1. The van der Waals surface area contributed by atoms with Crippen molar-refractivity contribution in [2.45, 2.75) is 97.3 Å². The van der Waals surface area contributed by atoms with E-state index in [-0.39, 0.29) is 35.6 Å². The molecule has 0 N–H and O–H groups in total. The van der Waals surface area contributed by atoms with E-state index in [1.54, 1.807) is 12.1 Å². The number of furan rings is 1. The maximum absolute atomic E-state index is 5.57. The fourth-order valence-electron chi connectivity index (χ4n) is 6.62. The van der Waals surface area contributed by atoms with E-state index in [1.165, 1.54) is 71.1 Å². The molecule has 0 spiro atoms. The zero-order chi connectivity index (χ0) is 26.7. The summed E-state index contributed by atoms with van der Waals surface area (Å²) in [6.45, 7) is 14.2. The molecule has 1 aromatic heterocycles. The van der Waals surface area contributed by atoms with Crippen molar-refractivity contribution in [2.24, 2.45) is 0 Å². The van der Waals surface area contributed by atoms with Crippen molar-refractivity contribution < 1.29 is 50.5 Å². The minimum absolute atomic E-state index is 0. The summed E-state index contributed by atoms with van der Waals surface area (Å²) in [7, 11) is 0. The summed E-state index contributed by atoms with van der Waals surface area (Å²) in [5.74, 6) is 0. The summed E-state index contributed by atoms with van der Waals surface area (Å²) >= 11 is -2.36. The summed E-state index contributed by atoms with van der Waals surface area (Å²) in [6.07, 6.45) is 17.6. The molecular formula is C36H42Cl2OZr. The van der Waals surface area contributed by atoms with Gasteiger partial charge in [0.1, 0.15) is 0 Å². The van der Waals surface area contributed by atoms with Gasteiger partial charge in [0.2, 0.25) is 0 Å². The van der Waals surface area contributed by atoms with Crippen molar-refractivity contribution in [3.05, 3.63) is 92.2 Å². The van der Waals surface area contributed by atoms with Crippen LogP contribution in [-0.2, 0) is 38.5 Å². The van der Waals surface area contributed by atoms with Crippen molar-refractivity contribution in [3.8, 4) is 11.1 Å². The zero-order valence-electron chi connectivity index (χ0n) is 24.9. The Morgan fingerprint density at radius 2 is 1.48 bits per heavy atom. The molecular weight excluding hydrogens is 611 g/mol. The van der Waals surface area contributed by atoms with Crippen LogP contribution in [0.4, 0.5) is 0 Å². The minimum atomic E-state index is -2.36. The standard InChI is InChI=1S/C21H25.C9H7O.C6H10.2ClH.Zr/c1-20(2,3)16-9-7-14-11-15-8-10-17(21(4,5)6)13-19(15)18(14)12-16;1-2-4-8(3-1)9-5-6-10-7-9;1-2-4-6-5-3-1;;;/h7,9-10,12-13H,11H2,1-6H3;1,3,5-7H,2H2;1-5H2;2*1H;/q;;;;;+2/p-2. The summed E-state index contributed by atoms with van der Waals surface area (Å²) in [5, 5.41) is 0. The number of benzene rings is 2. The van der Waals surface area contributed by atoms with Gasteiger partial charge in [0.05, 0.1) is 0 Å². The number of hydrogen-bond donors (Lipinski definition) is 0. The fourth-order valence-corrected chi connectivity index (χ4v) is 15.5. The van der Waals surface area contributed by atoms with Gasteiger partial charge in [-0.25, -0.2) is 0 Å². The van der Waals surface area contributed by atoms with Gasteiger partial charge in [0.15, 0.2) is 0 Å². The number of rotatable bonds is 3. The van der Waals surface area contributed by atoms with Crippen LogP contribution in [0.25, 0.3) is 16.7 Å². The van der Waals surface area contributed by atoms with E-state index in [2.05, 4.69) is 90.1 Å². The van der Waals surface area contributed by atoms with Crippen LogP contribution in [0.2, 0.25) is 0 Å². The Labute approximate surface area is 261 Å². The zero-order valence-corrected chi connectivity index (χ0v) is 28.9. The second kappa shape index (κ2) is 12.0. The Hall–Kier alpha value is -1.47. The van der Waals surface area contributed by atoms with E-state index < -0.39 is 21.3 Å². The number of hydrogen-bond acceptors (Lipinski definition) is 1. The first-order chi connectivity index (χ1) is 18.1. The SMILES string of the molecule is CC(C)(C)c1ccc2c(c1)-c1cc(C(C)(C)C)c[c]([Zr+2]([C]3=C(c4ccoc4)C=CC3)=[C]3CCCCC3)c1C2.[Cl-].[Cl-]. The molecule has 0 radical (unpaired) electrons. The monoisotopic (exact) mass is 650 g/mol. The Balaban J connectivity index is 0.00000185. The largest absolute Gasteiger partial charge is 1.00 e. The van der Waals surface area contributed by atoms with Crippen molar-refractivity contribution in [3.63, 3.8) is 0 Å². The maximum Gasteiger partial charge on any atom is -1.00 e. The van der Waals surface area contributed by atoms with Gasteiger partial charge in [-0.05, 0) is 0 Å². The number of allylic oxidation sites excluding steroid dienone is 4. The summed E-state index contributed by atoms with van der Waals surface area (Å²) in [6, 6.07) is 14.7. The maximum atomic E-state index is 5.57. The molecule has 0 saturated heterocycles. The second-order valence-electron chi connectivity index (χ2n) is 13.6. The van der Waals surface area contributed by atoms with E-state index >= 15 is 0 Å². The number of fused-ring (bicyclic) bond motifs is 3. The van der Waals surface area contributed by atoms with Crippen molar-refractivity contribution in [2.75, 3.05) is 0 Å². The molecule has 0 unspecified atom stereocenters. The molecule has 3 aliphatic carbocycles. The van der Waals surface area contributed by atoms with Gasteiger partial charge in [-0.3, -0.25) is 0 Å². The van der Waals surface area contributed by atoms with Gasteiger partial charge < -0.3 is 24.8 Å². The molecule has 3 aromatic rings. The second-order valence-corrected chi connectivity index (χ2v) is 20.0. The quantitative estimate of drug-likeness (QED) is 0.332. The van der Waals surface area contributed by atoms with Crippen LogP contribution >= 0.6 is 0 Å². The Kier molecular flexibility index (Phi) is 9.46. The fraction of sp³-hybridized carbons (Fsp3) is 0.417. The van der Waals surface area contributed by atoms with Crippen LogP contribution in [0.1, 0.15) is 108 Å².